The molecule has 3 heterocycles. The molecule has 174 valence electrons. The molecule has 0 spiro atoms. The van der Waals surface area contributed by atoms with Gasteiger partial charge in [0.25, 0.3) is 6.02 Å². The number of amidine groups is 1. The topological polar surface area (TPSA) is 97.4 Å². The summed E-state index contributed by atoms with van der Waals surface area (Å²) in [4.78, 5) is 14.8. The molecule has 2 aliphatic rings. The molecule has 0 bridgehead atoms. The molecule has 1 atom stereocenters. The van der Waals surface area contributed by atoms with Crippen LogP contribution in [0.4, 0.5) is 21.5 Å². The van der Waals surface area contributed by atoms with Crippen molar-refractivity contribution >= 4 is 29.4 Å². The zero-order chi connectivity index (χ0) is 23.9. The highest BCUT2D eigenvalue weighted by Gasteiger charge is 2.27. The van der Waals surface area contributed by atoms with Crippen LogP contribution in [0.15, 0.2) is 64.8 Å². The lowest BCUT2D eigenvalue weighted by molar-refractivity contribution is 0.278. The van der Waals surface area contributed by atoms with E-state index in [9.17, 15) is 4.39 Å². The van der Waals surface area contributed by atoms with Gasteiger partial charge in [-0.3, -0.25) is 4.98 Å². The van der Waals surface area contributed by atoms with Crippen LogP contribution in [0.3, 0.4) is 0 Å². The monoisotopic (exact) mass is 460 g/mol. The van der Waals surface area contributed by atoms with Gasteiger partial charge in [0.1, 0.15) is 30.1 Å². The van der Waals surface area contributed by atoms with Crippen LogP contribution in [0.1, 0.15) is 31.1 Å². The molecule has 2 aromatic carbocycles. The van der Waals surface area contributed by atoms with E-state index in [0.29, 0.717) is 24.1 Å². The number of benzene rings is 2. The predicted molar refractivity (Wildman–Crippen MR) is 131 cm³/mol. The Labute approximate surface area is 197 Å². The largest absolute Gasteiger partial charge is 0.462 e. The lowest BCUT2D eigenvalue weighted by atomic mass is 10.1. The van der Waals surface area contributed by atoms with Gasteiger partial charge in [0.2, 0.25) is 0 Å². The highest BCUT2D eigenvalue weighted by molar-refractivity contribution is 5.92. The Morgan fingerprint density at radius 1 is 1.18 bits per heavy atom. The maximum atomic E-state index is 13.4. The number of anilines is 2. The average Bonchev–Trinajstić information content (AvgIpc) is 3.14. The molecular formula is C25H25FN6O2. The Morgan fingerprint density at radius 3 is 2.76 bits per heavy atom. The molecule has 0 saturated heterocycles. The molecule has 0 aliphatic carbocycles. The molecule has 0 amide bonds. The van der Waals surface area contributed by atoms with E-state index in [0.717, 1.165) is 34.4 Å². The number of hydrogen-bond donors (Lipinski definition) is 2. The summed E-state index contributed by atoms with van der Waals surface area (Å²) in [6.45, 7) is 6.49. The Bertz CT molecular complexity index is 1310. The number of halogens is 1. The van der Waals surface area contributed by atoms with Crippen molar-refractivity contribution in [1.82, 2.24) is 4.98 Å². The van der Waals surface area contributed by atoms with Crippen LogP contribution in [0.5, 0.6) is 11.5 Å². The summed E-state index contributed by atoms with van der Waals surface area (Å²) in [5, 5.41) is 3.22. The summed E-state index contributed by atoms with van der Waals surface area (Å²) in [5.74, 6) is 0.483. The van der Waals surface area contributed by atoms with Gasteiger partial charge < -0.3 is 25.4 Å². The second-order valence-electron chi connectivity index (χ2n) is 8.90. The Hall–Kier alpha value is -3.98. The number of nitrogens with zero attached hydrogens (tertiary/aromatic N) is 4. The summed E-state index contributed by atoms with van der Waals surface area (Å²) in [5.41, 5.74) is 10.6. The number of rotatable bonds is 4. The lowest BCUT2D eigenvalue weighted by Gasteiger charge is -2.31. The molecule has 3 aromatic rings. The van der Waals surface area contributed by atoms with E-state index < -0.39 is 12.0 Å². The first-order valence-corrected chi connectivity index (χ1v) is 10.9. The summed E-state index contributed by atoms with van der Waals surface area (Å²) in [6.07, 6.45) is 3.87. The highest BCUT2D eigenvalue weighted by Crippen LogP contribution is 2.37. The Kier molecular flexibility index (Phi) is 5.41. The molecule has 34 heavy (non-hydrogen) atoms. The second kappa shape index (κ2) is 8.42. The van der Waals surface area contributed by atoms with E-state index >= 15 is 0 Å². The van der Waals surface area contributed by atoms with E-state index in [1.54, 1.807) is 6.34 Å². The zero-order valence-corrected chi connectivity index (χ0v) is 19.1. The normalized spacial score (nSPS) is 18.2. The fourth-order valence-electron chi connectivity index (χ4n) is 3.82. The van der Waals surface area contributed by atoms with E-state index in [-0.39, 0.29) is 5.54 Å². The maximum absolute atomic E-state index is 13.4. The number of aliphatic imine (C=N–C) groups is 2. The standard InChI is InChI=1S/C25H25FN6O2/c1-15-8-18(5-7-22(15)34-19-9-16(26)11-28-12-19)32-14-29-21-6-4-17(10-20(21)23(32)27)30-24-31-25(2,3)13-33-24/h4-12,14,23H,13,27H2,1-3H3,(H,30,31). The van der Waals surface area contributed by atoms with Gasteiger partial charge in [0.15, 0.2) is 0 Å². The van der Waals surface area contributed by atoms with Gasteiger partial charge in [-0.15, -0.1) is 0 Å². The van der Waals surface area contributed by atoms with Crippen molar-refractivity contribution in [2.75, 3.05) is 16.8 Å². The summed E-state index contributed by atoms with van der Waals surface area (Å²) in [7, 11) is 0. The van der Waals surface area contributed by atoms with E-state index in [2.05, 4.69) is 20.3 Å². The van der Waals surface area contributed by atoms with Gasteiger partial charge in [-0.2, -0.15) is 0 Å². The number of ether oxygens (including phenoxy) is 2. The molecular weight excluding hydrogens is 435 g/mol. The summed E-state index contributed by atoms with van der Waals surface area (Å²) >= 11 is 0. The van der Waals surface area contributed by atoms with Gasteiger partial charge in [-0.05, 0) is 62.7 Å². The molecule has 9 heteroatoms. The van der Waals surface area contributed by atoms with Gasteiger partial charge in [0.05, 0.1) is 30.0 Å². The smallest absolute Gasteiger partial charge is 0.289 e. The van der Waals surface area contributed by atoms with Crippen LogP contribution < -0.4 is 20.7 Å². The number of nitrogens with one attached hydrogen (secondary N) is 1. The molecule has 0 radical (unpaired) electrons. The van der Waals surface area contributed by atoms with Crippen LogP contribution >= 0.6 is 0 Å². The Morgan fingerprint density at radius 2 is 2.03 bits per heavy atom. The Balaban J connectivity index is 1.36. The lowest BCUT2D eigenvalue weighted by Crippen LogP contribution is -2.35. The molecule has 0 fully saturated rings. The number of hydrogen-bond acceptors (Lipinski definition) is 8. The van der Waals surface area contributed by atoms with Crippen LogP contribution in [-0.2, 0) is 4.74 Å². The SMILES string of the molecule is Cc1cc(N2C=Nc3ccc(NC4=NC(C)(C)CO4)cc3C2N)ccc1Oc1cncc(F)c1. The van der Waals surface area contributed by atoms with Crippen molar-refractivity contribution in [2.45, 2.75) is 32.5 Å². The predicted octanol–water partition coefficient (Wildman–Crippen LogP) is 5.04. The first kappa shape index (κ1) is 21.8. The molecule has 1 unspecified atom stereocenters. The summed E-state index contributed by atoms with van der Waals surface area (Å²) in [6, 6.07) is 13.2. The number of pyridine rings is 1. The van der Waals surface area contributed by atoms with Crippen molar-refractivity contribution in [3.05, 3.63) is 71.8 Å². The molecule has 5 rings (SSSR count). The van der Waals surface area contributed by atoms with Gasteiger partial charge in [0, 0.05) is 23.0 Å². The van der Waals surface area contributed by atoms with Gasteiger partial charge >= 0.3 is 0 Å². The second-order valence-corrected chi connectivity index (χ2v) is 8.90. The first-order valence-electron chi connectivity index (χ1n) is 10.9. The van der Waals surface area contributed by atoms with Crippen molar-refractivity contribution in [3.8, 4) is 11.5 Å². The maximum Gasteiger partial charge on any atom is 0.289 e. The average molecular weight is 461 g/mol. The third-order valence-electron chi connectivity index (χ3n) is 5.55. The van der Waals surface area contributed by atoms with E-state index in [1.807, 2.05) is 62.1 Å². The third-order valence-corrected chi connectivity index (χ3v) is 5.55. The van der Waals surface area contributed by atoms with Crippen molar-refractivity contribution in [1.29, 1.82) is 0 Å². The van der Waals surface area contributed by atoms with Crippen molar-refractivity contribution in [2.24, 2.45) is 15.7 Å². The van der Waals surface area contributed by atoms with Crippen molar-refractivity contribution < 1.29 is 13.9 Å². The molecule has 1 aromatic heterocycles. The summed E-state index contributed by atoms with van der Waals surface area (Å²) < 4.78 is 24.9. The molecule has 3 N–H and O–H groups in total. The van der Waals surface area contributed by atoms with E-state index in [1.165, 1.54) is 12.3 Å². The quantitative estimate of drug-likeness (QED) is 0.566. The van der Waals surface area contributed by atoms with Crippen LogP contribution in [0, 0.1) is 12.7 Å². The van der Waals surface area contributed by atoms with Crippen LogP contribution in [-0.4, -0.2) is 29.5 Å². The van der Waals surface area contributed by atoms with Crippen LogP contribution in [0.25, 0.3) is 0 Å². The zero-order valence-electron chi connectivity index (χ0n) is 19.1. The number of aryl methyl sites for hydroxylation is 1. The number of aromatic nitrogens is 1. The molecule has 8 nitrogen and oxygen atoms in total. The molecule has 0 saturated carbocycles. The minimum absolute atomic E-state index is 0.243. The molecule has 2 aliphatic heterocycles. The highest BCUT2D eigenvalue weighted by atomic mass is 19.1. The van der Waals surface area contributed by atoms with Crippen molar-refractivity contribution in [3.63, 3.8) is 0 Å². The minimum Gasteiger partial charge on any atom is -0.462 e. The number of fused-ring (bicyclic) bond motifs is 1. The number of nitrogens with two attached hydrogens (primary N) is 1. The first-order chi connectivity index (χ1) is 16.3. The minimum atomic E-state index is -0.454. The fourth-order valence-corrected chi connectivity index (χ4v) is 3.82. The third kappa shape index (κ3) is 4.42. The van der Waals surface area contributed by atoms with Crippen LogP contribution in [0.2, 0.25) is 0 Å². The van der Waals surface area contributed by atoms with E-state index in [4.69, 9.17) is 15.2 Å². The van der Waals surface area contributed by atoms with Gasteiger partial charge in [-0.25, -0.2) is 14.4 Å². The van der Waals surface area contributed by atoms with Gasteiger partial charge in [-0.1, -0.05) is 0 Å². The fraction of sp³-hybridized carbons (Fsp3) is 0.240.